The van der Waals surface area contributed by atoms with Crippen LogP contribution in [-0.2, 0) is 9.59 Å². The molecule has 3 atom stereocenters. The highest BCUT2D eigenvalue weighted by Crippen LogP contribution is 2.10. The number of carbonyl (C=O) groups excluding carboxylic acids is 2. The molecule has 6 heteroatoms. The third-order valence-corrected chi connectivity index (χ3v) is 2.37. The summed E-state index contributed by atoms with van der Waals surface area (Å²) in [7, 11) is 0. The van der Waals surface area contributed by atoms with Gasteiger partial charge >= 0.3 is 0 Å². The van der Waals surface area contributed by atoms with Crippen molar-refractivity contribution >= 4 is 11.7 Å². The maximum atomic E-state index is 11.2. The molecule has 0 aliphatic rings. The summed E-state index contributed by atoms with van der Waals surface area (Å²) < 4.78 is 0. The summed E-state index contributed by atoms with van der Waals surface area (Å²) in [6.45, 7) is 3.54. The summed E-state index contributed by atoms with van der Waals surface area (Å²) in [4.78, 5) is 22.2. The number of hydrogen-bond acceptors (Lipinski definition) is 5. The van der Waals surface area contributed by atoms with E-state index in [1.807, 2.05) is 0 Å². The Labute approximate surface area is 94.8 Å². The van der Waals surface area contributed by atoms with Gasteiger partial charge in [-0.3, -0.25) is 9.59 Å². The standard InChI is InChI=1S/C10H20N2O4/c1-6(7(2)13)5-8(14)9(15)10(16)12-4-3-11/h6,8-9,14-15H,3-5,11H2,1-2H3,(H,12,16). The molecule has 0 aromatic heterocycles. The third-order valence-electron chi connectivity index (χ3n) is 2.37. The molecule has 6 nitrogen and oxygen atoms in total. The van der Waals surface area contributed by atoms with E-state index in [0.29, 0.717) is 0 Å². The fourth-order valence-electron chi connectivity index (χ4n) is 1.13. The summed E-state index contributed by atoms with van der Waals surface area (Å²) in [5, 5.41) is 21.3. The number of aliphatic hydroxyl groups is 2. The third kappa shape index (κ3) is 5.20. The highest BCUT2D eigenvalue weighted by atomic mass is 16.3. The van der Waals surface area contributed by atoms with Crippen LogP contribution in [0.25, 0.3) is 0 Å². The van der Waals surface area contributed by atoms with Crippen LogP contribution >= 0.6 is 0 Å². The Morgan fingerprint density at radius 2 is 1.94 bits per heavy atom. The molecule has 0 aromatic carbocycles. The van der Waals surface area contributed by atoms with Gasteiger partial charge in [0.05, 0.1) is 6.10 Å². The number of nitrogens with one attached hydrogen (secondary N) is 1. The number of nitrogens with two attached hydrogens (primary N) is 1. The van der Waals surface area contributed by atoms with Gasteiger partial charge in [0, 0.05) is 19.0 Å². The van der Waals surface area contributed by atoms with E-state index in [4.69, 9.17) is 5.73 Å². The van der Waals surface area contributed by atoms with E-state index >= 15 is 0 Å². The lowest BCUT2D eigenvalue weighted by molar-refractivity contribution is -0.136. The topological polar surface area (TPSA) is 113 Å². The molecular formula is C10H20N2O4. The second kappa shape index (κ2) is 7.32. The average molecular weight is 232 g/mol. The quantitative estimate of drug-likeness (QED) is 0.422. The van der Waals surface area contributed by atoms with E-state index < -0.39 is 18.1 Å². The fraction of sp³-hybridized carbons (Fsp3) is 0.800. The number of amides is 1. The first-order valence-corrected chi connectivity index (χ1v) is 5.24. The van der Waals surface area contributed by atoms with Crippen LogP contribution in [0.4, 0.5) is 0 Å². The number of ketones is 1. The van der Waals surface area contributed by atoms with Crippen molar-refractivity contribution in [3.8, 4) is 0 Å². The molecule has 0 saturated heterocycles. The lowest BCUT2D eigenvalue weighted by Gasteiger charge is -2.19. The second-order valence-electron chi connectivity index (χ2n) is 3.84. The largest absolute Gasteiger partial charge is 0.390 e. The normalized spacial score (nSPS) is 16.3. The Hall–Kier alpha value is -0.980. The van der Waals surface area contributed by atoms with E-state index in [9.17, 15) is 19.8 Å². The maximum absolute atomic E-state index is 11.2. The van der Waals surface area contributed by atoms with E-state index in [-0.39, 0.29) is 31.2 Å². The van der Waals surface area contributed by atoms with Crippen molar-refractivity contribution in [3.63, 3.8) is 0 Å². The second-order valence-corrected chi connectivity index (χ2v) is 3.84. The molecule has 1 amide bonds. The predicted molar refractivity (Wildman–Crippen MR) is 58.5 cm³/mol. The minimum atomic E-state index is -1.52. The van der Waals surface area contributed by atoms with Crippen LogP contribution in [-0.4, -0.2) is 47.2 Å². The van der Waals surface area contributed by atoms with Gasteiger partial charge in [0.2, 0.25) is 0 Å². The number of carbonyl (C=O) groups is 2. The Kier molecular flexibility index (Phi) is 6.87. The molecule has 94 valence electrons. The molecule has 16 heavy (non-hydrogen) atoms. The maximum Gasteiger partial charge on any atom is 0.251 e. The lowest BCUT2D eigenvalue weighted by atomic mass is 9.97. The predicted octanol–water partition coefficient (Wildman–Crippen LogP) is -1.60. The summed E-state index contributed by atoms with van der Waals surface area (Å²) in [6.07, 6.45) is -2.70. The van der Waals surface area contributed by atoms with Crippen molar-refractivity contribution in [2.45, 2.75) is 32.5 Å². The molecule has 5 N–H and O–H groups in total. The summed E-state index contributed by atoms with van der Waals surface area (Å²) in [5.41, 5.74) is 5.17. The van der Waals surface area contributed by atoms with Crippen LogP contribution < -0.4 is 11.1 Å². The molecule has 0 aliphatic heterocycles. The van der Waals surface area contributed by atoms with Gasteiger partial charge in [-0.05, 0) is 13.3 Å². The van der Waals surface area contributed by atoms with Gasteiger partial charge in [0.1, 0.15) is 5.78 Å². The van der Waals surface area contributed by atoms with Gasteiger partial charge in [-0.25, -0.2) is 0 Å². The van der Waals surface area contributed by atoms with Crippen molar-refractivity contribution in [1.82, 2.24) is 5.32 Å². The highest BCUT2D eigenvalue weighted by Gasteiger charge is 2.26. The van der Waals surface area contributed by atoms with Gasteiger partial charge in [-0.1, -0.05) is 6.92 Å². The van der Waals surface area contributed by atoms with Crippen LogP contribution in [0, 0.1) is 5.92 Å². The highest BCUT2D eigenvalue weighted by molar-refractivity contribution is 5.81. The van der Waals surface area contributed by atoms with E-state index in [2.05, 4.69) is 5.32 Å². The SMILES string of the molecule is CC(=O)C(C)CC(O)C(O)C(=O)NCCN. The Balaban J connectivity index is 4.11. The number of aliphatic hydroxyl groups excluding tert-OH is 2. The lowest BCUT2D eigenvalue weighted by Crippen LogP contribution is -2.44. The molecule has 0 radical (unpaired) electrons. The molecule has 0 heterocycles. The minimum Gasteiger partial charge on any atom is -0.390 e. The molecule has 0 saturated carbocycles. The van der Waals surface area contributed by atoms with E-state index in [1.165, 1.54) is 6.92 Å². The molecule has 0 fully saturated rings. The van der Waals surface area contributed by atoms with Crippen LogP contribution in [0.5, 0.6) is 0 Å². The summed E-state index contributed by atoms with van der Waals surface area (Å²) in [6, 6.07) is 0. The first-order valence-electron chi connectivity index (χ1n) is 5.24. The van der Waals surface area contributed by atoms with Crippen molar-refractivity contribution < 1.29 is 19.8 Å². The Bertz CT molecular complexity index is 245. The smallest absolute Gasteiger partial charge is 0.251 e. The Morgan fingerprint density at radius 1 is 1.38 bits per heavy atom. The van der Waals surface area contributed by atoms with Crippen LogP contribution in [0.15, 0.2) is 0 Å². The number of hydrogen-bond donors (Lipinski definition) is 4. The van der Waals surface area contributed by atoms with Crippen molar-refractivity contribution in [2.24, 2.45) is 11.7 Å². The molecule has 0 rings (SSSR count). The summed E-state index contributed by atoms with van der Waals surface area (Å²) >= 11 is 0. The zero-order valence-electron chi connectivity index (χ0n) is 9.64. The number of Topliss-reactive ketones (excluding diaryl/α,β-unsaturated/α-hetero) is 1. The average Bonchev–Trinajstić information content (AvgIpc) is 2.24. The van der Waals surface area contributed by atoms with Crippen molar-refractivity contribution in [1.29, 1.82) is 0 Å². The van der Waals surface area contributed by atoms with Crippen molar-refractivity contribution in [2.75, 3.05) is 13.1 Å². The minimum absolute atomic E-state index is 0.0620. The fourth-order valence-corrected chi connectivity index (χ4v) is 1.13. The van der Waals surface area contributed by atoms with Crippen molar-refractivity contribution in [3.05, 3.63) is 0 Å². The zero-order chi connectivity index (χ0) is 12.7. The molecule has 0 aromatic rings. The zero-order valence-corrected chi connectivity index (χ0v) is 9.64. The molecule has 3 unspecified atom stereocenters. The van der Waals surface area contributed by atoms with Gasteiger partial charge < -0.3 is 21.3 Å². The molecule has 0 bridgehead atoms. The van der Waals surface area contributed by atoms with Gasteiger partial charge in [-0.15, -0.1) is 0 Å². The molecule has 0 aliphatic carbocycles. The number of rotatable bonds is 7. The molecular weight excluding hydrogens is 212 g/mol. The van der Waals surface area contributed by atoms with E-state index in [0.717, 1.165) is 0 Å². The van der Waals surface area contributed by atoms with E-state index in [1.54, 1.807) is 6.92 Å². The monoisotopic (exact) mass is 232 g/mol. The van der Waals surface area contributed by atoms with Crippen LogP contribution in [0.1, 0.15) is 20.3 Å². The first kappa shape index (κ1) is 15.0. The van der Waals surface area contributed by atoms with Crippen LogP contribution in [0.3, 0.4) is 0 Å². The van der Waals surface area contributed by atoms with Gasteiger partial charge in [0.15, 0.2) is 6.10 Å². The Morgan fingerprint density at radius 3 is 2.38 bits per heavy atom. The van der Waals surface area contributed by atoms with Gasteiger partial charge in [0.25, 0.3) is 5.91 Å². The molecule has 0 spiro atoms. The van der Waals surface area contributed by atoms with Gasteiger partial charge in [-0.2, -0.15) is 0 Å². The van der Waals surface area contributed by atoms with Crippen LogP contribution in [0.2, 0.25) is 0 Å². The summed E-state index contributed by atoms with van der Waals surface area (Å²) in [5.74, 6) is -1.14. The first-order chi connectivity index (χ1) is 7.40.